The number of allylic oxidation sites excluding steroid dienone is 4. The molecule has 4 rings (SSSR count). The Balaban J connectivity index is 1.71. The molecule has 2 nitrogen and oxygen atoms in total. The Kier molecular flexibility index (Phi) is 4.06. The largest absolute Gasteiger partial charge is 0.456 e. The molecule has 1 N–H and O–H groups in total. The van der Waals surface area contributed by atoms with Crippen LogP contribution in [-0.4, -0.2) is 28.6 Å². The molecule has 3 fully saturated rings. The van der Waals surface area contributed by atoms with Gasteiger partial charge in [-0.1, -0.05) is 25.5 Å². The first kappa shape index (κ1) is 20.0. The number of rotatable bonds is 1. The van der Waals surface area contributed by atoms with Crippen molar-refractivity contribution < 1.29 is 31.9 Å². The second kappa shape index (κ2) is 5.67. The zero-order valence-corrected chi connectivity index (χ0v) is 16.0. The Labute approximate surface area is 160 Å². The number of ketones is 1. The van der Waals surface area contributed by atoms with E-state index >= 15 is 0 Å². The predicted octanol–water partition coefficient (Wildman–Crippen LogP) is 5.22. The molecule has 0 radical (unpaired) electrons. The third-order valence-electron chi connectivity index (χ3n) is 8.58. The molecule has 156 valence electrons. The number of aliphatic hydroxyl groups is 1. The molecule has 28 heavy (non-hydrogen) atoms. The fourth-order valence-electron chi connectivity index (χ4n) is 6.96. The number of halogens is 5. The molecule has 0 aromatic carbocycles. The summed E-state index contributed by atoms with van der Waals surface area (Å²) >= 11 is 0. The first-order valence-electron chi connectivity index (χ1n) is 9.89. The minimum atomic E-state index is -5.78. The van der Waals surface area contributed by atoms with Crippen molar-refractivity contribution in [3.63, 3.8) is 0 Å². The highest BCUT2D eigenvalue weighted by atomic mass is 19.4. The van der Waals surface area contributed by atoms with E-state index < -0.39 is 35.5 Å². The van der Waals surface area contributed by atoms with E-state index in [4.69, 9.17) is 0 Å². The monoisotopic (exact) mass is 404 g/mol. The van der Waals surface area contributed by atoms with Crippen molar-refractivity contribution in [3.05, 3.63) is 23.8 Å². The molecule has 0 bridgehead atoms. The van der Waals surface area contributed by atoms with E-state index in [1.807, 2.05) is 13.0 Å². The fourth-order valence-corrected chi connectivity index (χ4v) is 6.96. The maximum Gasteiger partial charge on any atom is 0.456 e. The average molecular weight is 404 g/mol. The summed E-state index contributed by atoms with van der Waals surface area (Å²) < 4.78 is 68.3. The summed E-state index contributed by atoms with van der Waals surface area (Å²) in [5.74, 6) is -5.56. The van der Waals surface area contributed by atoms with Gasteiger partial charge in [0.05, 0.1) is 0 Å². The van der Waals surface area contributed by atoms with Gasteiger partial charge in [0, 0.05) is 10.8 Å². The summed E-state index contributed by atoms with van der Waals surface area (Å²) in [5.41, 5.74) is -3.91. The Bertz CT molecular complexity index is 769. The summed E-state index contributed by atoms with van der Waals surface area (Å²) in [5, 5.41) is 10.8. The minimum Gasteiger partial charge on any atom is -0.383 e. The van der Waals surface area contributed by atoms with Crippen molar-refractivity contribution in [3.8, 4) is 0 Å². The van der Waals surface area contributed by atoms with E-state index in [1.165, 1.54) is 13.0 Å². The van der Waals surface area contributed by atoms with Gasteiger partial charge in [0.2, 0.25) is 0 Å². The van der Waals surface area contributed by atoms with Crippen molar-refractivity contribution >= 4 is 5.78 Å². The zero-order valence-electron chi connectivity index (χ0n) is 16.0. The average Bonchev–Trinajstić information content (AvgIpc) is 2.87. The lowest BCUT2D eigenvalue weighted by Gasteiger charge is -2.58. The molecule has 6 atom stereocenters. The Morgan fingerprint density at radius 2 is 1.68 bits per heavy atom. The van der Waals surface area contributed by atoms with Crippen LogP contribution in [0.2, 0.25) is 0 Å². The van der Waals surface area contributed by atoms with Gasteiger partial charge in [-0.05, 0) is 68.4 Å². The van der Waals surface area contributed by atoms with E-state index in [0.29, 0.717) is 19.3 Å². The standard InChI is InChI=1S/C21H25F5O2/c1-17-8-5-13(27)11-12(17)3-4-14-15(17)6-9-18(2)16(14)7-10-19(18,28)20(22,23)21(24,25)26/h5,8,11,14-16,28H,3-4,6-7,9-10H2,1-2H3/t14?,15?,16?,17-,18-,19+/m0/s1. The number of hydrogen-bond donors (Lipinski definition) is 1. The van der Waals surface area contributed by atoms with Gasteiger partial charge >= 0.3 is 12.1 Å². The highest BCUT2D eigenvalue weighted by molar-refractivity contribution is 6.01. The van der Waals surface area contributed by atoms with Crippen molar-refractivity contribution in [1.29, 1.82) is 0 Å². The molecule has 4 aliphatic carbocycles. The lowest BCUT2D eigenvalue weighted by Crippen LogP contribution is -2.65. The molecule has 3 saturated carbocycles. The molecule has 0 spiro atoms. The summed E-state index contributed by atoms with van der Waals surface area (Å²) in [7, 11) is 0. The van der Waals surface area contributed by atoms with Gasteiger partial charge in [-0.25, -0.2) is 0 Å². The zero-order chi connectivity index (χ0) is 20.8. The highest BCUT2D eigenvalue weighted by Gasteiger charge is 2.79. The molecule has 0 aliphatic heterocycles. The molecule has 4 aliphatic rings. The first-order valence-corrected chi connectivity index (χ1v) is 9.89. The highest BCUT2D eigenvalue weighted by Crippen LogP contribution is 2.70. The van der Waals surface area contributed by atoms with Crippen LogP contribution in [0.3, 0.4) is 0 Å². The predicted molar refractivity (Wildman–Crippen MR) is 92.6 cm³/mol. The van der Waals surface area contributed by atoms with E-state index in [9.17, 15) is 31.9 Å². The number of carbonyl (C=O) groups excluding carboxylic acids is 1. The third-order valence-corrected chi connectivity index (χ3v) is 8.58. The smallest absolute Gasteiger partial charge is 0.383 e. The number of hydrogen-bond acceptors (Lipinski definition) is 2. The number of fused-ring (bicyclic) bond motifs is 5. The van der Waals surface area contributed by atoms with Crippen molar-refractivity contribution in [2.24, 2.45) is 28.6 Å². The van der Waals surface area contributed by atoms with E-state index in [1.54, 1.807) is 6.08 Å². The molecule has 0 amide bonds. The molecule has 3 unspecified atom stereocenters. The Morgan fingerprint density at radius 1 is 1.04 bits per heavy atom. The topological polar surface area (TPSA) is 37.3 Å². The van der Waals surface area contributed by atoms with E-state index in [-0.39, 0.29) is 35.9 Å². The number of alkyl halides is 5. The van der Waals surface area contributed by atoms with Crippen LogP contribution in [-0.2, 0) is 4.79 Å². The molecule has 0 saturated heterocycles. The summed E-state index contributed by atoms with van der Waals surface area (Å²) in [6.45, 7) is 3.46. The van der Waals surface area contributed by atoms with Crippen molar-refractivity contribution in [1.82, 2.24) is 0 Å². The Hall–Kier alpha value is -1.24. The second-order valence-corrected chi connectivity index (χ2v) is 9.53. The number of carbonyl (C=O) groups is 1. The minimum absolute atomic E-state index is 0.0446. The van der Waals surface area contributed by atoms with Crippen LogP contribution in [0.5, 0.6) is 0 Å². The quantitative estimate of drug-likeness (QED) is 0.608. The first-order chi connectivity index (χ1) is 12.8. The van der Waals surface area contributed by atoms with Gasteiger partial charge in [-0.2, -0.15) is 22.0 Å². The summed E-state index contributed by atoms with van der Waals surface area (Å²) in [4.78, 5) is 11.8. The molecule has 0 aromatic rings. The van der Waals surface area contributed by atoms with Crippen molar-refractivity contribution in [2.75, 3.05) is 0 Å². The van der Waals surface area contributed by atoms with Crippen LogP contribution in [0.4, 0.5) is 22.0 Å². The van der Waals surface area contributed by atoms with E-state index in [2.05, 4.69) is 0 Å². The van der Waals surface area contributed by atoms with Crippen LogP contribution in [0.25, 0.3) is 0 Å². The molecular weight excluding hydrogens is 379 g/mol. The van der Waals surface area contributed by atoms with Crippen LogP contribution >= 0.6 is 0 Å². The second-order valence-electron chi connectivity index (χ2n) is 9.53. The lowest BCUT2D eigenvalue weighted by atomic mass is 9.47. The van der Waals surface area contributed by atoms with Gasteiger partial charge in [0.15, 0.2) is 5.78 Å². The van der Waals surface area contributed by atoms with Crippen LogP contribution < -0.4 is 0 Å². The van der Waals surface area contributed by atoms with Crippen LogP contribution in [0.1, 0.15) is 52.4 Å². The van der Waals surface area contributed by atoms with Gasteiger partial charge in [-0.3, -0.25) is 4.79 Å². The lowest BCUT2D eigenvalue weighted by molar-refractivity contribution is -0.363. The Morgan fingerprint density at radius 3 is 2.32 bits per heavy atom. The summed E-state index contributed by atoms with van der Waals surface area (Å²) in [6.07, 6.45) is 0.763. The van der Waals surface area contributed by atoms with Crippen molar-refractivity contribution in [2.45, 2.75) is 70.1 Å². The molecular formula is C21H25F5O2. The molecule has 0 heterocycles. The van der Waals surface area contributed by atoms with Gasteiger partial charge < -0.3 is 5.11 Å². The van der Waals surface area contributed by atoms with Gasteiger partial charge in [-0.15, -0.1) is 0 Å². The maximum absolute atomic E-state index is 14.4. The maximum atomic E-state index is 14.4. The molecule has 0 aromatic heterocycles. The van der Waals surface area contributed by atoms with Gasteiger partial charge in [0.1, 0.15) is 5.60 Å². The van der Waals surface area contributed by atoms with Gasteiger partial charge in [0.25, 0.3) is 0 Å². The van der Waals surface area contributed by atoms with Crippen LogP contribution in [0, 0.1) is 28.6 Å². The molecule has 7 heteroatoms. The van der Waals surface area contributed by atoms with E-state index in [0.717, 1.165) is 5.57 Å². The summed E-state index contributed by atoms with van der Waals surface area (Å²) in [6, 6.07) is 0. The fraction of sp³-hybridized carbons (Fsp3) is 0.762. The SMILES string of the molecule is C[C@]12C=CC(=O)C=C1CCC1C2CC[C@@]2(C)C1CC[C@]2(O)C(F)(F)C(F)(F)F. The third kappa shape index (κ3) is 2.25. The van der Waals surface area contributed by atoms with Crippen LogP contribution in [0.15, 0.2) is 23.8 Å². The normalized spacial score (nSPS) is 45.9.